The summed E-state index contributed by atoms with van der Waals surface area (Å²) in [6, 6.07) is 9.48. The number of hydrogen-bond donors (Lipinski definition) is 1. The van der Waals surface area contributed by atoms with Gasteiger partial charge in [-0.1, -0.05) is 18.2 Å². The first-order valence-corrected chi connectivity index (χ1v) is 4.64. The van der Waals surface area contributed by atoms with Crippen LogP contribution in [0.3, 0.4) is 0 Å². The molecule has 1 aromatic heterocycles. The molecule has 0 aliphatic rings. The Morgan fingerprint density at radius 2 is 2.07 bits per heavy atom. The molecule has 78 valence electrons. The van der Waals surface area contributed by atoms with E-state index in [0.717, 1.165) is 10.9 Å². The van der Waals surface area contributed by atoms with Crippen LogP contribution in [0.4, 0.5) is 0 Å². The molecular formula is C11H12N2O2. The van der Waals surface area contributed by atoms with Crippen LogP contribution >= 0.6 is 0 Å². The molecule has 1 N–H and O–H groups in total. The smallest absolute Gasteiger partial charge is 0.363 e. The van der Waals surface area contributed by atoms with Gasteiger partial charge in [-0.25, -0.2) is 4.79 Å². The van der Waals surface area contributed by atoms with Crippen molar-refractivity contribution in [3.63, 3.8) is 0 Å². The molecule has 0 aliphatic heterocycles. The van der Waals surface area contributed by atoms with Gasteiger partial charge in [0, 0.05) is 25.0 Å². The summed E-state index contributed by atoms with van der Waals surface area (Å²) < 4.78 is 0. The Labute approximate surface area is 87.4 Å². The molecule has 0 spiro atoms. The predicted octanol–water partition coefficient (Wildman–Crippen LogP) is 1.80. The van der Waals surface area contributed by atoms with Crippen molar-refractivity contribution in [3.8, 4) is 0 Å². The second kappa shape index (κ2) is 3.74. The van der Waals surface area contributed by atoms with Crippen molar-refractivity contribution in [3.05, 3.63) is 36.0 Å². The number of carbonyl (C=O) groups excluding carboxylic acids is 1. The van der Waals surface area contributed by atoms with Crippen molar-refractivity contribution >= 4 is 16.9 Å². The number of rotatable bonds is 2. The lowest BCUT2D eigenvalue weighted by molar-refractivity contribution is -0.0717. The van der Waals surface area contributed by atoms with Crippen molar-refractivity contribution in [2.45, 2.75) is 0 Å². The average molecular weight is 204 g/mol. The van der Waals surface area contributed by atoms with E-state index < -0.39 is 0 Å². The SMILES string of the molecule is CN(C)OC(=O)c1cc2ccccc2[nH]1. The largest absolute Gasteiger partial charge is 0.373 e. The van der Waals surface area contributed by atoms with E-state index in [1.54, 1.807) is 20.2 Å². The van der Waals surface area contributed by atoms with E-state index in [9.17, 15) is 4.79 Å². The van der Waals surface area contributed by atoms with E-state index in [0.29, 0.717) is 5.69 Å². The maximum atomic E-state index is 11.5. The van der Waals surface area contributed by atoms with Crippen LogP contribution in [0, 0.1) is 0 Å². The highest BCUT2D eigenvalue weighted by Gasteiger charge is 2.11. The van der Waals surface area contributed by atoms with Gasteiger partial charge in [0.15, 0.2) is 0 Å². The summed E-state index contributed by atoms with van der Waals surface area (Å²) in [7, 11) is 3.33. The minimum atomic E-state index is -0.379. The first-order chi connectivity index (χ1) is 7.16. The van der Waals surface area contributed by atoms with Crippen molar-refractivity contribution < 1.29 is 9.63 Å². The highest BCUT2D eigenvalue weighted by atomic mass is 16.7. The molecule has 0 amide bonds. The summed E-state index contributed by atoms with van der Waals surface area (Å²) in [5.41, 5.74) is 1.40. The minimum Gasteiger partial charge on any atom is -0.363 e. The molecule has 0 aliphatic carbocycles. The van der Waals surface area contributed by atoms with Gasteiger partial charge >= 0.3 is 5.97 Å². The molecule has 0 fully saturated rings. The fourth-order valence-corrected chi connectivity index (χ4v) is 1.40. The van der Waals surface area contributed by atoms with Gasteiger partial charge in [0.25, 0.3) is 0 Å². The van der Waals surface area contributed by atoms with E-state index in [-0.39, 0.29) is 5.97 Å². The zero-order chi connectivity index (χ0) is 10.8. The predicted molar refractivity (Wildman–Crippen MR) is 57.4 cm³/mol. The molecule has 0 radical (unpaired) electrons. The van der Waals surface area contributed by atoms with Gasteiger partial charge in [-0.15, -0.1) is 5.06 Å². The Bertz CT molecular complexity index is 455. The topological polar surface area (TPSA) is 45.3 Å². The number of para-hydroxylation sites is 1. The molecule has 1 heterocycles. The van der Waals surface area contributed by atoms with Crippen LogP contribution in [0.5, 0.6) is 0 Å². The number of fused-ring (bicyclic) bond motifs is 1. The third-order valence-corrected chi connectivity index (χ3v) is 2.02. The van der Waals surface area contributed by atoms with E-state index in [2.05, 4.69) is 4.98 Å². The van der Waals surface area contributed by atoms with Crippen LogP contribution in [0.1, 0.15) is 10.5 Å². The molecule has 0 saturated heterocycles. The molecule has 0 atom stereocenters. The summed E-state index contributed by atoms with van der Waals surface area (Å²) in [5, 5.41) is 2.37. The molecular weight excluding hydrogens is 192 g/mol. The molecule has 15 heavy (non-hydrogen) atoms. The van der Waals surface area contributed by atoms with Crippen LogP contribution in [-0.2, 0) is 4.84 Å². The Balaban J connectivity index is 2.32. The minimum absolute atomic E-state index is 0.379. The third kappa shape index (κ3) is 1.99. The van der Waals surface area contributed by atoms with Gasteiger partial charge in [0.1, 0.15) is 5.69 Å². The second-order valence-electron chi connectivity index (χ2n) is 3.46. The van der Waals surface area contributed by atoms with E-state index in [1.807, 2.05) is 24.3 Å². The highest BCUT2D eigenvalue weighted by Crippen LogP contribution is 2.15. The number of benzene rings is 1. The lowest BCUT2D eigenvalue weighted by atomic mass is 10.2. The van der Waals surface area contributed by atoms with Crippen molar-refractivity contribution in [1.29, 1.82) is 0 Å². The number of H-pyrrole nitrogens is 1. The summed E-state index contributed by atoms with van der Waals surface area (Å²) in [4.78, 5) is 19.5. The highest BCUT2D eigenvalue weighted by molar-refractivity contribution is 5.94. The lowest BCUT2D eigenvalue weighted by Gasteiger charge is -2.08. The number of aromatic nitrogens is 1. The van der Waals surface area contributed by atoms with Crippen molar-refractivity contribution in [2.75, 3.05) is 14.1 Å². The van der Waals surface area contributed by atoms with Gasteiger partial charge in [-0.05, 0) is 12.1 Å². The van der Waals surface area contributed by atoms with E-state index in [4.69, 9.17) is 4.84 Å². The maximum Gasteiger partial charge on any atom is 0.373 e. The monoisotopic (exact) mass is 204 g/mol. The number of nitrogens with zero attached hydrogens (tertiary/aromatic N) is 1. The Kier molecular flexibility index (Phi) is 2.43. The number of carbonyl (C=O) groups is 1. The number of hydrogen-bond acceptors (Lipinski definition) is 3. The molecule has 0 unspecified atom stereocenters. The molecule has 4 nitrogen and oxygen atoms in total. The number of hydroxylamine groups is 2. The standard InChI is InChI=1S/C11H12N2O2/c1-13(2)15-11(14)10-7-8-5-3-4-6-9(8)12-10/h3-7,12H,1-2H3. The molecule has 4 heteroatoms. The summed E-state index contributed by atoms with van der Waals surface area (Å²) in [6.07, 6.45) is 0. The lowest BCUT2D eigenvalue weighted by Crippen LogP contribution is -2.18. The van der Waals surface area contributed by atoms with Crippen LogP contribution in [-0.4, -0.2) is 30.1 Å². The van der Waals surface area contributed by atoms with E-state index >= 15 is 0 Å². The molecule has 0 saturated carbocycles. The zero-order valence-electron chi connectivity index (χ0n) is 8.65. The quantitative estimate of drug-likeness (QED) is 0.759. The Hall–Kier alpha value is -1.81. The first-order valence-electron chi connectivity index (χ1n) is 4.64. The van der Waals surface area contributed by atoms with Crippen molar-refractivity contribution in [2.24, 2.45) is 0 Å². The van der Waals surface area contributed by atoms with Gasteiger partial charge in [-0.2, -0.15) is 0 Å². The van der Waals surface area contributed by atoms with Crippen LogP contribution in [0.15, 0.2) is 30.3 Å². The first kappa shape index (κ1) is 9.73. The molecule has 0 bridgehead atoms. The Morgan fingerprint density at radius 1 is 1.33 bits per heavy atom. The van der Waals surface area contributed by atoms with Crippen molar-refractivity contribution in [1.82, 2.24) is 10.0 Å². The number of aromatic amines is 1. The zero-order valence-corrected chi connectivity index (χ0v) is 8.65. The van der Waals surface area contributed by atoms with Gasteiger partial charge in [0.05, 0.1) is 0 Å². The summed E-state index contributed by atoms with van der Waals surface area (Å²) in [5.74, 6) is -0.379. The summed E-state index contributed by atoms with van der Waals surface area (Å²) >= 11 is 0. The van der Waals surface area contributed by atoms with Crippen LogP contribution < -0.4 is 0 Å². The average Bonchev–Trinajstić information content (AvgIpc) is 2.59. The van der Waals surface area contributed by atoms with Gasteiger partial charge in [0.2, 0.25) is 0 Å². The summed E-state index contributed by atoms with van der Waals surface area (Å²) in [6.45, 7) is 0. The second-order valence-corrected chi connectivity index (χ2v) is 3.46. The van der Waals surface area contributed by atoms with Gasteiger partial charge in [-0.3, -0.25) is 0 Å². The molecule has 2 aromatic rings. The fraction of sp³-hybridized carbons (Fsp3) is 0.182. The van der Waals surface area contributed by atoms with Crippen LogP contribution in [0.25, 0.3) is 10.9 Å². The maximum absolute atomic E-state index is 11.5. The van der Waals surface area contributed by atoms with Gasteiger partial charge < -0.3 is 9.82 Å². The fourth-order valence-electron chi connectivity index (χ4n) is 1.40. The molecule has 2 rings (SSSR count). The normalized spacial score (nSPS) is 10.9. The van der Waals surface area contributed by atoms with Crippen LogP contribution in [0.2, 0.25) is 0 Å². The van der Waals surface area contributed by atoms with E-state index in [1.165, 1.54) is 5.06 Å². The third-order valence-electron chi connectivity index (χ3n) is 2.02. The Morgan fingerprint density at radius 3 is 2.73 bits per heavy atom. The number of nitrogens with one attached hydrogen (secondary N) is 1. The molecule has 1 aromatic carbocycles.